The molecule has 0 aliphatic heterocycles. The molecule has 0 spiro atoms. The lowest BCUT2D eigenvalue weighted by Crippen LogP contribution is -2.23. The highest BCUT2D eigenvalue weighted by Gasteiger charge is 2.22. The number of thioether (sulfide) groups is 1. The van der Waals surface area contributed by atoms with Gasteiger partial charge < -0.3 is 9.73 Å². The summed E-state index contributed by atoms with van der Waals surface area (Å²) in [6.07, 6.45) is 3.00. The van der Waals surface area contributed by atoms with Crippen LogP contribution in [0.2, 0.25) is 10.0 Å². The van der Waals surface area contributed by atoms with Crippen molar-refractivity contribution in [2.24, 2.45) is 0 Å². The van der Waals surface area contributed by atoms with E-state index in [1.165, 1.54) is 24.0 Å². The van der Waals surface area contributed by atoms with E-state index in [1.54, 1.807) is 19.3 Å². The number of carbonyl (C=O) groups excluding carboxylic acids is 1. The second-order valence-corrected chi connectivity index (χ2v) is 7.41. The van der Waals surface area contributed by atoms with Gasteiger partial charge in [0, 0.05) is 12.7 Å². The summed E-state index contributed by atoms with van der Waals surface area (Å²) >= 11 is 13.1. The summed E-state index contributed by atoms with van der Waals surface area (Å²) in [4.78, 5) is 16.5. The molecule has 3 heterocycles. The normalized spacial score (nSPS) is 12.2. The van der Waals surface area contributed by atoms with Crippen molar-refractivity contribution in [3.63, 3.8) is 0 Å². The maximum atomic E-state index is 12.4. The molecule has 1 N–H and O–H groups in total. The fourth-order valence-electron chi connectivity index (χ4n) is 2.19. The number of amides is 1. The number of nitrogens with one attached hydrogen (secondary N) is 1. The molecule has 0 aliphatic rings. The third kappa shape index (κ3) is 4.03. The smallest absolute Gasteiger partial charge is 0.238 e. The van der Waals surface area contributed by atoms with E-state index >= 15 is 0 Å². The minimum Gasteiger partial charge on any atom is -0.461 e. The first kappa shape index (κ1) is 18.8. The molecule has 7 nitrogen and oxygen atoms in total. The third-order valence-corrected chi connectivity index (χ3v) is 5.05. The fourth-order valence-corrected chi connectivity index (χ4v) is 3.53. The minimum absolute atomic E-state index is 0.253. The van der Waals surface area contributed by atoms with Crippen LogP contribution in [0.4, 0.5) is 5.82 Å². The summed E-state index contributed by atoms with van der Waals surface area (Å²) in [5, 5.41) is 11.9. The Kier molecular flexibility index (Phi) is 5.85. The monoisotopic (exact) mass is 411 g/mol. The van der Waals surface area contributed by atoms with Crippen molar-refractivity contribution >= 4 is 46.7 Å². The highest BCUT2D eigenvalue weighted by Crippen LogP contribution is 2.28. The average molecular weight is 412 g/mol. The van der Waals surface area contributed by atoms with Gasteiger partial charge in [0.2, 0.25) is 5.91 Å². The van der Waals surface area contributed by atoms with Gasteiger partial charge in [-0.05, 0) is 32.0 Å². The van der Waals surface area contributed by atoms with Gasteiger partial charge in [-0.2, -0.15) is 0 Å². The van der Waals surface area contributed by atoms with Crippen LogP contribution in [0.1, 0.15) is 13.8 Å². The molecule has 0 fully saturated rings. The first-order chi connectivity index (χ1) is 12.5. The first-order valence-corrected chi connectivity index (χ1v) is 9.38. The van der Waals surface area contributed by atoms with Gasteiger partial charge in [0.25, 0.3) is 0 Å². The molecule has 3 aromatic rings. The number of pyridine rings is 1. The fraction of sp³-hybridized carbons (Fsp3) is 0.250. The van der Waals surface area contributed by atoms with Gasteiger partial charge in [-0.15, -0.1) is 10.2 Å². The summed E-state index contributed by atoms with van der Waals surface area (Å²) < 4.78 is 7.27. The third-order valence-electron chi connectivity index (χ3n) is 3.48. The zero-order valence-corrected chi connectivity index (χ0v) is 16.3. The van der Waals surface area contributed by atoms with Crippen molar-refractivity contribution in [3.8, 4) is 11.6 Å². The summed E-state index contributed by atoms with van der Waals surface area (Å²) in [5.74, 6) is 1.26. The Balaban J connectivity index is 1.73. The van der Waals surface area contributed by atoms with Crippen molar-refractivity contribution in [3.05, 3.63) is 40.7 Å². The second kappa shape index (κ2) is 8.11. The number of furan rings is 1. The Morgan fingerprint density at radius 2 is 2.23 bits per heavy atom. The van der Waals surface area contributed by atoms with Crippen molar-refractivity contribution in [1.29, 1.82) is 0 Å². The topological polar surface area (TPSA) is 85.8 Å². The summed E-state index contributed by atoms with van der Waals surface area (Å²) in [5.41, 5.74) is 0. The van der Waals surface area contributed by atoms with E-state index in [1.807, 2.05) is 17.6 Å². The van der Waals surface area contributed by atoms with Crippen molar-refractivity contribution in [1.82, 2.24) is 19.7 Å². The molecule has 3 aromatic heterocycles. The van der Waals surface area contributed by atoms with E-state index in [9.17, 15) is 4.79 Å². The molecule has 1 amide bonds. The minimum atomic E-state index is -0.442. The summed E-state index contributed by atoms with van der Waals surface area (Å²) in [7, 11) is 0. The largest absolute Gasteiger partial charge is 0.461 e. The van der Waals surface area contributed by atoms with E-state index in [-0.39, 0.29) is 16.7 Å². The van der Waals surface area contributed by atoms with Gasteiger partial charge in [-0.1, -0.05) is 35.0 Å². The SMILES string of the molecule is CCn1c(SC(C)C(=O)Nc2ncc(Cl)cc2Cl)nnc1-c1ccco1. The molecule has 26 heavy (non-hydrogen) atoms. The lowest BCUT2D eigenvalue weighted by Gasteiger charge is -2.12. The summed E-state index contributed by atoms with van der Waals surface area (Å²) in [6, 6.07) is 5.12. The molecule has 0 aromatic carbocycles. The Morgan fingerprint density at radius 3 is 2.88 bits per heavy atom. The van der Waals surface area contributed by atoms with Gasteiger partial charge in [0.15, 0.2) is 22.6 Å². The molecule has 10 heteroatoms. The van der Waals surface area contributed by atoms with E-state index < -0.39 is 5.25 Å². The van der Waals surface area contributed by atoms with Crippen LogP contribution in [0.25, 0.3) is 11.6 Å². The van der Waals surface area contributed by atoms with Crippen LogP contribution in [-0.2, 0) is 11.3 Å². The van der Waals surface area contributed by atoms with Gasteiger partial charge >= 0.3 is 0 Å². The van der Waals surface area contributed by atoms with E-state index in [2.05, 4.69) is 20.5 Å². The number of hydrogen-bond donors (Lipinski definition) is 1. The number of hydrogen-bond acceptors (Lipinski definition) is 6. The lowest BCUT2D eigenvalue weighted by molar-refractivity contribution is -0.115. The Hall–Kier alpha value is -2.03. The van der Waals surface area contributed by atoms with Gasteiger partial charge in [-0.3, -0.25) is 9.36 Å². The van der Waals surface area contributed by atoms with Gasteiger partial charge in [0.1, 0.15) is 0 Å². The number of anilines is 1. The molecular weight excluding hydrogens is 397 g/mol. The molecule has 0 aliphatic carbocycles. The van der Waals surface area contributed by atoms with Crippen LogP contribution in [-0.4, -0.2) is 30.9 Å². The van der Waals surface area contributed by atoms with Crippen molar-refractivity contribution < 1.29 is 9.21 Å². The molecule has 0 saturated heterocycles. The van der Waals surface area contributed by atoms with Gasteiger partial charge in [0.05, 0.1) is 21.6 Å². The van der Waals surface area contributed by atoms with Crippen LogP contribution in [0.15, 0.2) is 40.2 Å². The van der Waals surface area contributed by atoms with Crippen LogP contribution >= 0.6 is 35.0 Å². The highest BCUT2D eigenvalue weighted by atomic mass is 35.5. The van der Waals surface area contributed by atoms with Crippen LogP contribution in [0.5, 0.6) is 0 Å². The molecule has 1 atom stereocenters. The number of rotatable bonds is 6. The predicted octanol–water partition coefficient (Wildman–Crippen LogP) is 4.38. The zero-order chi connectivity index (χ0) is 18.7. The highest BCUT2D eigenvalue weighted by molar-refractivity contribution is 8.00. The number of halogens is 2. The second-order valence-electron chi connectivity index (χ2n) is 5.26. The maximum absolute atomic E-state index is 12.4. The number of aromatic nitrogens is 4. The predicted molar refractivity (Wildman–Crippen MR) is 102 cm³/mol. The maximum Gasteiger partial charge on any atom is 0.238 e. The van der Waals surface area contributed by atoms with Crippen molar-refractivity contribution in [2.75, 3.05) is 5.32 Å². The quantitative estimate of drug-likeness (QED) is 0.605. The standard InChI is InChI=1S/C16H15Cl2N5O2S/c1-3-23-14(12-5-4-6-25-12)21-22-16(23)26-9(2)15(24)20-13-11(18)7-10(17)8-19-13/h4-9H,3H2,1-2H3,(H,19,20,24). The van der Waals surface area contributed by atoms with Crippen LogP contribution in [0, 0.1) is 0 Å². The molecule has 1 unspecified atom stereocenters. The zero-order valence-electron chi connectivity index (χ0n) is 13.9. The van der Waals surface area contributed by atoms with E-state index in [0.717, 1.165) is 0 Å². The van der Waals surface area contributed by atoms with E-state index in [0.29, 0.717) is 28.3 Å². The Labute approximate surface area is 164 Å². The Bertz CT molecular complexity index is 914. The summed E-state index contributed by atoms with van der Waals surface area (Å²) in [6.45, 7) is 4.39. The van der Waals surface area contributed by atoms with Crippen molar-refractivity contribution in [2.45, 2.75) is 30.8 Å². The molecular formula is C16H15Cl2N5O2S. The van der Waals surface area contributed by atoms with Crippen LogP contribution < -0.4 is 5.32 Å². The number of carbonyl (C=O) groups is 1. The molecule has 136 valence electrons. The van der Waals surface area contributed by atoms with Gasteiger partial charge in [-0.25, -0.2) is 4.98 Å². The number of nitrogens with zero attached hydrogens (tertiary/aromatic N) is 4. The average Bonchev–Trinajstić information content (AvgIpc) is 3.26. The molecule has 0 bridgehead atoms. The van der Waals surface area contributed by atoms with E-state index in [4.69, 9.17) is 27.6 Å². The Morgan fingerprint density at radius 1 is 1.42 bits per heavy atom. The molecule has 3 rings (SSSR count). The van der Waals surface area contributed by atoms with Crippen LogP contribution in [0.3, 0.4) is 0 Å². The lowest BCUT2D eigenvalue weighted by atomic mass is 10.4. The molecule has 0 saturated carbocycles. The molecule has 0 radical (unpaired) electrons. The first-order valence-electron chi connectivity index (χ1n) is 7.75.